The smallest absolute Gasteiger partial charge is 0.239 e. The van der Waals surface area contributed by atoms with E-state index in [1.165, 1.54) is 0 Å². The van der Waals surface area contributed by atoms with Crippen molar-refractivity contribution in [1.29, 1.82) is 0 Å². The molecule has 2 aliphatic rings. The largest absolute Gasteiger partial charge is 0.381 e. The molecule has 0 aromatic carbocycles. The van der Waals surface area contributed by atoms with Crippen molar-refractivity contribution in [2.24, 2.45) is 5.41 Å². The Morgan fingerprint density at radius 2 is 1.95 bits per heavy atom. The molecule has 2 rings (SSSR count). The van der Waals surface area contributed by atoms with Crippen molar-refractivity contribution in [3.63, 3.8) is 0 Å². The molecule has 1 spiro atoms. The minimum Gasteiger partial charge on any atom is -0.381 e. The number of carbonyl (C=O) groups is 1. The Hall–Kier alpha value is -0.650. The molecule has 2 heterocycles. The second-order valence-corrected chi connectivity index (χ2v) is 6.31. The van der Waals surface area contributed by atoms with Crippen LogP contribution in [0.5, 0.6) is 0 Å². The lowest BCUT2D eigenvalue weighted by Crippen LogP contribution is -2.50. The molecule has 0 aliphatic carbocycles. The van der Waals surface area contributed by atoms with Crippen LogP contribution in [0.25, 0.3) is 0 Å². The maximum atomic E-state index is 12.7. The Labute approximate surface area is 122 Å². The second-order valence-electron chi connectivity index (χ2n) is 6.31. The molecule has 5 heteroatoms. The van der Waals surface area contributed by atoms with Gasteiger partial charge in [-0.25, -0.2) is 0 Å². The van der Waals surface area contributed by atoms with Crippen LogP contribution in [0.1, 0.15) is 26.2 Å². The molecule has 0 N–H and O–H groups in total. The van der Waals surface area contributed by atoms with Crippen molar-refractivity contribution in [2.75, 3.05) is 53.6 Å². The van der Waals surface area contributed by atoms with Crippen LogP contribution in [0, 0.1) is 5.41 Å². The van der Waals surface area contributed by atoms with E-state index in [1.807, 2.05) is 23.9 Å². The number of ether oxygens (including phenoxy) is 2. The van der Waals surface area contributed by atoms with Gasteiger partial charge in [-0.3, -0.25) is 9.69 Å². The Morgan fingerprint density at radius 1 is 1.25 bits per heavy atom. The van der Waals surface area contributed by atoms with Crippen molar-refractivity contribution in [3.8, 4) is 0 Å². The van der Waals surface area contributed by atoms with Gasteiger partial charge in [-0.1, -0.05) is 6.92 Å². The number of amides is 1. The first kappa shape index (κ1) is 15.7. The Balaban J connectivity index is 2.07. The number of hydrogen-bond acceptors (Lipinski definition) is 4. The third kappa shape index (κ3) is 3.51. The third-order valence-corrected chi connectivity index (χ3v) is 4.60. The van der Waals surface area contributed by atoms with Gasteiger partial charge in [-0.15, -0.1) is 0 Å². The molecule has 5 nitrogen and oxygen atoms in total. The van der Waals surface area contributed by atoms with Crippen LogP contribution in [0.4, 0.5) is 0 Å². The lowest BCUT2D eigenvalue weighted by Gasteiger charge is -2.39. The summed E-state index contributed by atoms with van der Waals surface area (Å²) >= 11 is 0. The van der Waals surface area contributed by atoms with Crippen LogP contribution in [0.3, 0.4) is 0 Å². The second kappa shape index (κ2) is 6.87. The van der Waals surface area contributed by atoms with Crippen molar-refractivity contribution in [3.05, 3.63) is 0 Å². The molecule has 2 fully saturated rings. The predicted octanol–water partition coefficient (Wildman–Crippen LogP) is 0.982. The fourth-order valence-electron chi connectivity index (χ4n) is 3.26. The molecule has 2 aliphatic heterocycles. The van der Waals surface area contributed by atoms with Gasteiger partial charge in [0.2, 0.25) is 5.91 Å². The fourth-order valence-corrected chi connectivity index (χ4v) is 3.26. The highest BCUT2D eigenvalue weighted by molar-refractivity contribution is 5.81. The topological polar surface area (TPSA) is 42.0 Å². The van der Waals surface area contributed by atoms with Crippen LogP contribution in [0.15, 0.2) is 0 Å². The summed E-state index contributed by atoms with van der Waals surface area (Å²) in [5, 5.41) is 0. The van der Waals surface area contributed by atoms with Crippen molar-refractivity contribution in [2.45, 2.75) is 32.2 Å². The molecule has 0 aromatic heterocycles. The molecule has 1 amide bonds. The quantitative estimate of drug-likeness (QED) is 0.775. The molecule has 0 radical (unpaired) electrons. The van der Waals surface area contributed by atoms with Crippen molar-refractivity contribution < 1.29 is 14.3 Å². The van der Waals surface area contributed by atoms with Gasteiger partial charge >= 0.3 is 0 Å². The molecule has 1 atom stereocenters. The molecular weight excluding hydrogens is 256 g/mol. The van der Waals surface area contributed by atoms with E-state index in [-0.39, 0.29) is 17.4 Å². The first-order valence-electron chi connectivity index (χ1n) is 7.69. The number of hydrogen-bond donors (Lipinski definition) is 0. The lowest BCUT2D eigenvalue weighted by molar-refractivity contribution is -0.138. The summed E-state index contributed by atoms with van der Waals surface area (Å²) in [6.45, 7) is 6.59. The van der Waals surface area contributed by atoms with Gasteiger partial charge in [0.25, 0.3) is 0 Å². The van der Waals surface area contributed by atoms with E-state index in [0.717, 1.165) is 45.6 Å². The normalized spacial score (nSPS) is 24.7. The Bertz CT molecular complexity index is 327. The van der Waals surface area contributed by atoms with Gasteiger partial charge in [0, 0.05) is 31.7 Å². The van der Waals surface area contributed by atoms with Crippen LogP contribution in [-0.4, -0.2) is 75.4 Å². The summed E-state index contributed by atoms with van der Waals surface area (Å²) in [6.07, 6.45) is 2.84. The SMILES string of the molecule is CC[C@H](C(=O)N1CCOCC2(CCOCC2)C1)N(C)C. The average molecular weight is 284 g/mol. The zero-order chi connectivity index (χ0) is 14.6. The minimum atomic E-state index is -0.0232. The van der Waals surface area contributed by atoms with E-state index in [0.29, 0.717) is 13.2 Å². The molecule has 0 aromatic rings. The van der Waals surface area contributed by atoms with Gasteiger partial charge in [-0.05, 0) is 33.4 Å². The Morgan fingerprint density at radius 3 is 2.55 bits per heavy atom. The van der Waals surface area contributed by atoms with E-state index < -0.39 is 0 Å². The van der Waals surface area contributed by atoms with Crippen LogP contribution in [-0.2, 0) is 14.3 Å². The van der Waals surface area contributed by atoms with Crippen molar-refractivity contribution in [1.82, 2.24) is 9.80 Å². The van der Waals surface area contributed by atoms with Gasteiger partial charge in [0.15, 0.2) is 0 Å². The first-order chi connectivity index (χ1) is 9.58. The summed E-state index contributed by atoms with van der Waals surface area (Å²) < 4.78 is 11.3. The van der Waals surface area contributed by atoms with Gasteiger partial charge in [0.1, 0.15) is 0 Å². The highest BCUT2D eigenvalue weighted by Gasteiger charge is 2.39. The van der Waals surface area contributed by atoms with Gasteiger partial charge in [0.05, 0.1) is 19.3 Å². The van der Waals surface area contributed by atoms with E-state index in [9.17, 15) is 4.79 Å². The standard InChI is InChI=1S/C15H28N2O3/c1-4-13(16(2)3)14(18)17-7-10-20-12-15(11-17)5-8-19-9-6-15/h13H,4-12H2,1-3H3/t13-/m1/s1. The minimum absolute atomic E-state index is 0.0232. The first-order valence-corrected chi connectivity index (χ1v) is 7.69. The molecule has 20 heavy (non-hydrogen) atoms. The summed E-state index contributed by atoms with van der Waals surface area (Å²) in [4.78, 5) is 16.8. The van der Waals surface area contributed by atoms with Gasteiger partial charge < -0.3 is 14.4 Å². The molecule has 116 valence electrons. The number of likely N-dealkylation sites (N-methyl/N-ethyl adjacent to an activating group) is 1. The monoisotopic (exact) mass is 284 g/mol. The van der Waals surface area contributed by atoms with Gasteiger partial charge in [-0.2, -0.15) is 0 Å². The molecule has 0 saturated carbocycles. The van der Waals surface area contributed by atoms with E-state index in [1.54, 1.807) is 0 Å². The van der Waals surface area contributed by atoms with E-state index >= 15 is 0 Å². The molecule has 0 bridgehead atoms. The maximum Gasteiger partial charge on any atom is 0.239 e. The van der Waals surface area contributed by atoms with E-state index in [2.05, 4.69) is 6.92 Å². The maximum absolute atomic E-state index is 12.7. The molecular formula is C15H28N2O3. The number of nitrogens with zero attached hydrogens (tertiary/aromatic N) is 2. The number of rotatable bonds is 3. The Kier molecular flexibility index (Phi) is 5.41. The van der Waals surface area contributed by atoms with Crippen LogP contribution in [0.2, 0.25) is 0 Å². The zero-order valence-corrected chi connectivity index (χ0v) is 13.1. The highest BCUT2D eigenvalue weighted by Crippen LogP contribution is 2.33. The number of carbonyl (C=O) groups excluding carboxylic acids is 1. The predicted molar refractivity (Wildman–Crippen MR) is 77.7 cm³/mol. The molecule has 0 unspecified atom stereocenters. The highest BCUT2D eigenvalue weighted by atomic mass is 16.5. The van der Waals surface area contributed by atoms with Crippen LogP contribution >= 0.6 is 0 Å². The summed E-state index contributed by atoms with van der Waals surface area (Å²) in [5.41, 5.74) is 0.106. The zero-order valence-electron chi connectivity index (χ0n) is 13.1. The van der Waals surface area contributed by atoms with E-state index in [4.69, 9.17) is 9.47 Å². The molecule has 2 saturated heterocycles. The van der Waals surface area contributed by atoms with Crippen LogP contribution < -0.4 is 0 Å². The summed E-state index contributed by atoms with van der Waals surface area (Å²) in [5.74, 6) is 0.244. The lowest BCUT2D eigenvalue weighted by atomic mass is 9.80. The third-order valence-electron chi connectivity index (χ3n) is 4.60. The average Bonchev–Trinajstić information content (AvgIpc) is 2.63. The summed E-state index contributed by atoms with van der Waals surface area (Å²) in [7, 11) is 3.95. The summed E-state index contributed by atoms with van der Waals surface area (Å²) in [6, 6.07) is -0.0232. The van der Waals surface area contributed by atoms with Crippen molar-refractivity contribution >= 4 is 5.91 Å². The fraction of sp³-hybridized carbons (Fsp3) is 0.933.